The first-order valence-corrected chi connectivity index (χ1v) is 10.7. The Morgan fingerprint density at radius 2 is 1.97 bits per heavy atom. The SMILES string of the molecule is Cc1cccc(OCCCC(=O)N2CCCc3c(-c4cn[nH]c4C)cccc32)c1C. The van der Waals surface area contributed by atoms with Crippen molar-refractivity contribution in [3.8, 4) is 16.9 Å². The molecule has 1 N–H and O–H groups in total. The van der Waals surface area contributed by atoms with Crippen LogP contribution in [0, 0.1) is 20.8 Å². The molecule has 156 valence electrons. The predicted molar refractivity (Wildman–Crippen MR) is 120 cm³/mol. The van der Waals surface area contributed by atoms with E-state index >= 15 is 0 Å². The van der Waals surface area contributed by atoms with Gasteiger partial charge in [0.25, 0.3) is 0 Å². The number of aromatic nitrogens is 2. The number of nitrogens with zero attached hydrogens (tertiary/aromatic N) is 2. The molecule has 0 bridgehead atoms. The number of hydrogen-bond donors (Lipinski definition) is 1. The van der Waals surface area contributed by atoms with Crippen LogP contribution >= 0.6 is 0 Å². The van der Waals surface area contributed by atoms with Crippen molar-refractivity contribution in [2.75, 3.05) is 18.1 Å². The predicted octanol–water partition coefficient (Wildman–Crippen LogP) is 5.14. The number of aryl methyl sites for hydroxylation is 2. The average Bonchev–Trinajstić information content (AvgIpc) is 3.18. The van der Waals surface area contributed by atoms with E-state index in [1.807, 2.05) is 36.2 Å². The third-order valence-corrected chi connectivity index (χ3v) is 6.02. The van der Waals surface area contributed by atoms with Crippen LogP contribution in [-0.2, 0) is 11.2 Å². The Balaban J connectivity index is 1.43. The number of H-pyrrole nitrogens is 1. The Kier molecular flexibility index (Phi) is 5.88. The van der Waals surface area contributed by atoms with Gasteiger partial charge in [0.2, 0.25) is 5.91 Å². The molecule has 1 amide bonds. The highest BCUT2D eigenvalue weighted by Gasteiger charge is 2.25. The molecule has 0 saturated heterocycles. The van der Waals surface area contributed by atoms with Crippen LogP contribution in [0.4, 0.5) is 5.69 Å². The maximum Gasteiger partial charge on any atom is 0.227 e. The summed E-state index contributed by atoms with van der Waals surface area (Å²) in [5.41, 5.74) is 8.01. The highest BCUT2D eigenvalue weighted by Crippen LogP contribution is 2.36. The van der Waals surface area contributed by atoms with E-state index in [0.29, 0.717) is 19.4 Å². The van der Waals surface area contributed by atoms with Gasteiger partial charge in [0.05, 0.1) is 12.8 Å². The topological polar surface area (TPSA) is 58.2 Å². The Morgan fingerprint density at radius 1 is 1.13 bits per heavy atom. The lowest BCUT2D eigenvalue weighted by molar-refractivity contribution is -0.118. The van der Waals surface area contributed by atoms with E-state index in [0.717, 1.165) is 47.6 Å². The van der Waals surface area contributed by atoms with Crippen LogP contribution in [0.5, 0.6) is 5.75 Å². The number of benzene rings is 2. The Labute approximate surface area is 178 Å². The molecule has 5 heteroatoms. The number of carbonyl (C=O) groups excluding carboxylic acids is 1. The van der Waals surface area contributed by atoms with E-state index in [1.54, 1.807) is 0 Å². The molecule has 30 heavy (non-hydrogen) atoms. The van der Waals surface area contributed by atoms with Crippen LogP contribution in [0.25, 0.3) is 11.1 Å². The molecular weight excluding hydrogens is 374 g/mol. The Hall–Kier alpha value is -3.08. The van der Waals surface area contributed by atoms with Gasteiger partial charge in [-0.15, -0.1) is 0 Å². The molecule has 1 aliphatic rings. The minimum atomic E-state index is 0.168. The highest BCUT2D eigenvalue weighted by molar-refractivity contribution is 5.96. The molecule has 0 spiro atoms. The summed E-state index contributed by atoms with van der Waals surface area (Å²) in [6.07, 6.45) is 5.02. The van der Waals surface area contributed by atoms with Gasteiger partial charge in [0, 0.05) is 29.9 Å². The molecule has 0 atom stereocenters. The van der Waals surface area contributed by atoms with Gasteiger partial charge in [-0.2, -0.15) is 5.10 Å². The summed E-state index contributed by atoms with van der Waals surface area (Å²) in [5, 5.41) is 7.19. The van der Waals surface area contributed by atoms with Gasteiger partial charge >= 0.3 is 0 Å². The van der Waals surface area contributed by atoms with Crippen molar-refractivity contribution in [2.45, 2.75) is 46.5 Å². The molecule has 0 unspecified atom stereocenters. The molecule has 0 aliphatic carbocycles. The molecular formula is C25H29N3O2. The van der Waals surface area contributed by atoms with E-state index < -0.39 is 0 Å². The van der Waals surface area contributed by atoms with Gasteiger partial charge in [-0.1, -0.05) is 24.3 Å². The average molecular weight is 404 g/mol. The summed E-state index contributed by atoms with van der Waals surface area (Å²) in [4.78, 5) is 15.0. The first-order valence-electron chi connectivity index (χ1n) is 10.7. The quantitative estimate of drug-likeness (QED) is 0.580. The Morgan fingerprint density at radius 3 is 2.77 bits per heavy atom. The minimum Gasteiger partial charge on any atom is -0.493 e. The molecule has 5 nitrogen and oxygen atoms in total. The van der Waals surface area contributed by atoms with Gasteiger partial charge in [-0.3, -0.25) is 9.89 Å². The maximum absolute atomic E-state index is 13.0. The van der Waals surface area contributed by atoms with Crippen LogP contribution in [0.15, 0.2) is 42.6 Å². The van der Waals surface area contributed by atoms with E-state index in [1.165, 1.54) is 16.7 Å². The van der Waals surface area contributed by atoms with Crippen molar-refractivity contribution in [1.82, 2.24) is 10.2 Å². The number of fused-ring (bicyclic) bond motifs is 1. The van der Waals surface area contributed by atoms with E-state index in [-0.39, 0.29) is 5.91 Å². The first-order chi connectivity index (χ1) is 14.6. The largest absolute Gasteiger partial charge is 0.493 e. The molecule has 0 fully saturated rings. The van der Waals surface area contributed by atoms with Crippen LogP contribution in [-0.4, -0.2) is 29.3 Å². The fourth-order valence-corrected chi connectivity index (χ4v) is 4.18. The molecule has 4 rings (SSSR count). The zero-order valence-corrected chi connectivity index (χ0v) is 18.0. The monoisotopic (exact) mass is 403 g/mol. The summed E-state index contributed by atoms with van der Waals surface area (Å²) in [6.45, 7) is 7.50. The van der Waals surface area contributed by atoms with Crippen molar-refractivity contribution < 1.29 is 9.53 Å². The molecule has 1 aromatic heterocycles. The van der Waals surface area contributed by atoms with Crippen molar-refractivity contribution in [3.05, 3.63) is 65.0 Å². The number of nitrogens with one attached hydrogen (secondary N) is 1. The van der Waals surface area contributed by atoms with Gasteiger partial charge in [-0.05, 0) is 74.4 Å². The highest BCUT2D eigenvalue weighted by atomic mass is 16.5. The minimum absolute atomic E-state index is 0.168. The number of amides is 1. The van der Waals surface area contributed by atoms with Crippen molar-refractivity contribution >= 4 is 11.6 Å². The number of aromatic amines is 1. The van der Waals surface area contributed by atoms with Crippen LogP contribution in [0.3, 0.4) is 0 Å². The van der Waals surface area contributed by atoms with Crippen LogP contribution in [0.2, 0.25) is 0 Å². The summed E-state index contributed by atoms with van der Waals surface area (Å²) < 4.78 is 5.92. The van der Waals surface area contributed by atoms with E-state index in [2.05, 4.69) is 42.2 Å². The van der Waals surface area contributed by atoms with Crippen LogP contribution < -0.4 is 9.64 Å². The maximum atomic E-state index is 13.0. The van der Waals surface area contributed by atoms with E-state index in [4.69, 9.17) is 4.74 Å². The lowest BCUT2D eigenvalue weighted by Crippen LogP contribution is -2.35. The van der Waals surface area contributed by atoms with Crippen molar-refractivity contribution in [1.29, 1.82) is 0 Å². The summed E-state index contributed by atoms with van der Waals surface area (Å²) in [6, 6.07) is 12.3. The fourth-order valence-electron chi connectivity index (χ4n) is 4.18. The summed E-state index contributed by atoms with van der Waals surface area (Å²) in [5.74, 6) is 1.08. The zero-order chi connectivity index (χ0) is 21.1. The van der Waals surface area contributed by atoms with Crippen molar-refractivity contribution in [3.63, 3.8) is 0 Å². The molecule has 1 aliphatic heterocycles. The normalized spacial score (nSPS) is 13.2. The van der Waals surface area contributed by atoms with Crippen molar-refractivity contribution in [2.24, 2.45) is 0 Å². The third kappa shape index (κ3) is 3.97. The lowest BCUT2D eigenvalue weighted by Gasteiger charge is -2.31. The van der Waals surface area contributed by atoms with Gasteiger partial charge < -0.3 is 9.64 Å². The second-order valence-electron chi connectivity index (χ2n) is 8.01. The molecule has 0 radical (unpaired) electrons. The number of hydrogen-bond acceptors (Lipinski definition) is 3. The van der Waals surface area contributed by atoms with Crippen LogP contribution in [0.1, 0.15) is 41.6 Å². The number of anilines is 1. The van der Waals surface area contributed by atoms with Gasteiger partial charge in [0.15, 0.2) is 0 Å². The second kappa shape index (κ2) is 8.74. The lowest BCUT2D eigenvalue weighted by atomic mass is 9.92. The standard InChI is InChI=1S/C25H29N3O2/c1-17-8-4-12-24(18(17)2)30-15-7-13-25(29)28-14-6-10-21-20(9-5-11-23(21)28)22-16-26-27-19(22)3/h4-5,8-9,11-12,16H,6-7,10,13-15H2,1-3H3,(H,26,27). The summed E-state index contributed by atoms with van der Waals surface area (Å²) in [7, 11) is 0. The second-order valence-corrected chi connectivity index (χ2v) is 8.01. The van der Waals surface area contributed by atoms with Gasteiger partial charge in [-0.25, -0.2) is 0 Å². The zero-order valence-electron chi connectivity index (χ0n) is 18.0. The van der Waals surface area contributed by atoms with E-state index in [9.17, 15) is 4.79 Å². The summed E-state index contributed by atoms with van der Waals surface area (Å²) >= 11 is 0. The fraction of sp³-hybridized carbons (Fsp3) is 0.360. The number of ether oxygens (including phenoxy) is 1. The Bertz CT molecular complexity index is 1050. The smallest absolute Gasteiger partial charge is 0.227 e. The molecule has 3 aromatic rings. The molecule has 2 aromatic carbocycles. The van der Waals surface area contributed by atoms with Gasteiger partial charge in [0.1, 0.15) is 5.75 Å². The first kappa shape index (κ1) is 20.2. The number of carbonyl (C=O) groups is 1. The molecule has 0 saturated carbocycles. The number of rotatable bonds is 6. The molecule has 2 heterocycles. The third-order valence-electron chi connectivity index (χ3n) is 6.02.